The molecule has 0 N–H and O–H groups in total. The van der Waals surface area contributed by atoms with E-state index >= 15 is 0 Å². The molecule has 280 valence electrons. The van der Waals surface area contributed by atoms with Crippen LogP contribution < -0.4 is 9.64 Å². The first kappa shape index (κ1) is 34.6. The van der Waals surface area contributed by atoms with Crippen LogP contribution in [0, 0.1) is 0 Å². The van der Waals surface area contributed by atoms with Gasteiger partial charge in [0.05, 0.1) is 5.69 Å². The van der Waals surface area contributed by atoms with E-state index in [2.05, 4.69) is 206 Å². The number of allylic oxidation sites excluding steroid dienone is 5. The van der Waals surface area contributed by atoms with Gasteiger partial charge in [-0.15, -0.1) is 0 Å². The molecule has 8 aromatic carbocycles. The number of ether oxygens (including phenoxy) is 1. The van der Waals surface area contributed by atoms with E-state index in [1.807, 2.05) is 18.2 Å². The molecule has 0 saturated heterocycles. The molecular weight excluding hydrogens is 719 g/mol. The van der Waals surface area contributed by atoms with E-state index in [-0.39, 0.29) is 12.0 Å². The van der Waals surface area contributed by atoms with Crippen molar-refractivity contribution < 1.29 is 9.15 Å². The van der Waals surface area contributed by atoms with Gasteiger partial charge in [-0.1, -0.05) is 170 Å². The second kappa shape index (κ2) is 14.4. The first-order chi connectivity index (χ1) is 29.2. The molecule has 2 unspecified atom stereocenters. The highest BCUT2D eigenvalue weighted by Crippen LogP contribution is 2.48. The van der Waals surface area contributed by atoms with Gasteiger partial charge >= 0.3 is 0 Å². The number of nitrogens with zero attached hydrogens (tertiary/aromatic N) is 1. The lowest BCUT2D eigenvalue weighted by Crippen LogP contribution is -2.19. The van der Waals surface area contributed by atoms with E-state index in [1.165, 1.54) is 32.8 Å². The quantitative estimate of drug-likeness (QED) is 0.144. The van der Waals surface area contributed by atoms with Crippen molar-refractivity contribution in [2.24, 2.45) is 0 Å². The maximum Gasteiger partial charge on any atom is 0.135 e. The first-order valence-electron chi connectivity index (χ1n) is 20.2. The number of para-hydroxylation sites is 2. The molecule has 1 aliphatic heterocycles. The van der Waals surface area contributed by atoms with Gasteiger partial charge in [-0.3, -0.25) is 0 Å². The van der Waals surface area contributed by atoms with Gasteiger partial charge in [-0.25, -0.2) is 0 Å². The fraction of sp³-hybridized carbons (Fsp3) is 0.0357. The van der Waals surface area contributed by atoms with Gasteiger partial charge in [0.1, 0.15) is 23.0 Å². The van der Waals surface area contributed by atoms with Gasteiger partial charge < -0.3 is 14.1 Å². The van der Waals surface area contributed by atoms with Gasteiger partial charge in [0, 0.05) is 44.6 Å². The summed E-state index contributed by atoms with van der Waals surface area (Å²) in [4.78, 5) is 2.31. The Labute approximate surface area is 343 Å². The molecular formula is C56H39NO2. The summed E-state index contributed by atoms with van der Waals surface area (Å²) >= 11 is 0. The van der Waals surface area contributed by atoms with Crippen molar-refractivity contribution in [2.45, 2.75) is 12.0 Å². The van der Waals surface area contributed by atoms with Crippen LogP contribution in [-0.2, 0) is 0 Å². The van der Waals surface area contributed by atoms with E-state index in [0.717, 1.165) is 66.8 Å². The molecule has 0 spiro atoms. The molecule has 2 atom stereocenters. The molecule has 0 fully saturated rings. The van der Waals surface area contributed by atoms with E-state index in [9.17, 15) is 0 Å². The summed E-state index contributed by atoms with van der Waals surface area (Å²) in [5, 5.41) is 7.01. The Morgan fingerprint density at radius 2 is 1.32 bits per heavy atom. The van der Waals surface area contributed by atoms with Crippen LogP contribution in [-0.4, -0.2) is 6.10 Å². The smallest absolute Gasteiger partial charge is 0.135 e. The van der Waals surface area contributed by atoms with Crippen LogP contribution in [0.1, 0.15) is 22.6 Å². The van der Waals surface area contributed by atoms with Gasteiger partial charge in [-0.2, -0.15) is 0 Å². The Bertz CT molecular complexity index is 3230. The zero-order valence-corrected chi connectivity index (χ0v) is 32.3. The molecule has 11 rings (SSSR count). The van der Waals surface area contributed by atoms with Crippen LogP contribution in [0.3, 0.4) is 0 Å². The molecule has 0 radical (unpaired) electrons. The highest BCUT2D eigenvalue weighted by Gasteiger charge is 2.35. The average Bonchev–Trinajstić information content (AvgIpc) is 3.87. The average molecular weight is 758 g/mol. The number of hydrogen-bond donors (Lipinski definition) is 0. The minimum absolute atomic E-state index is 0.0468. The summed E-state index contributed by atoms with van der Waals surface area (Å²) in [5.41, 5.74) is 11.8. The Hall–Kier alpha value is -7.62. The van der Waals surface area contributed by atoms with Gasteiger partial charge in [0.2, 0.25) is 0 Å². The normalized spacial score (nSPS) is 16.1. The maximum atomic E-state index is 6.63. The number of hydrogen-bond acceptors (Lipinski definition) is 3. The topological polar surface area (TPSA) is 25.6 Å². The van der Waals surface area contributed by atoms with Crippen LogP contribution in [0.25, 0.3) is 66.3 Å². The van der Waals surface area contributed by atoms with Crippen LogP contribution in [0.4, 0.5) is 11.4 Å². The molecule has 2 heterocycles. The lowest BCUT2D eigenvalue weighted by molar-refractivity contribution is 0.272. The third-order valence-corrected chi connectivity index (χ3v) is 11.8. The highest BCUT2D eigenvalue weighted by molar-refractivity contribution is 6.06. The summed E-state index contributed by atoms with van der Waals surface area (Å²) in [6.07, 6.45) is 15.1. The molecule has 59 heavy (non-hydrogen) atoms. The van der Waals surface area contributed by atoms with Crippen molar-refractivity contribution in [1.29, 1.82) is 0 Å². The summed E-state index contributed by atoms with van der Waals surface area (Å²) in [6.45, 7) is 4.36. The molecule has 1 aliphatic carbocycles. The lowest BCUT2D eigenvalue weighted by atomic mass is 9.86. The van der Waals surface area contributed by atoms with Crippen molar-refractivity contribution in [3.05, 3.63) is 235 Å². The van der Waals surface area contributed by atoms with Crippen LogP contribution in [0.5, 0.6) is 5.75 Å². The van der Waals surface area contributed by atoms with Crippen LogP contribution in [0.2, 0.25) is 0 Å². The van der Waals surface area contributed by atoms with E-state index < -0.39 is 0 Å². The predicted octanol–water partition coefficient (Wildman–Crippen LogP) is 15.0. The highest BCUT2D eigenvalue weighted by atomic mass is 16.5. The van der Waals surface area contributed by atoms with E-state index in [0.29, 0.717) is 0 Å². The fourth-order valence-electron chi connectivity index (χ4n) is 8.95. The third-order valence-electron chi connectivity index (χ3n) is 11.8. The van der Waals surface area contributed by atoms with Crippen molar-refractivity contribution in [3.8, 4) is 16.9 Å². The van der Waals surface area contributed by atoms with Crippen molar-refractivity contribution in [2.75, 3.05) is 4.90 Å². The second-order valence-corrected chi connectivity index (χ2v) is 15.2. The zero-order chi connectivity index (χ0) is 39.3. The van der Waals surface area contributed by atoms with Gasteiger partial charge in [0.25, 0.3) is 0 Å². The van der Waals surface area contributed by atoms with Crippen LogP contribution >= 0.6 is 0 Å². The summed E-state index contributed by atoms with van der Waals surface area (Å²) in [6, 6.07) is 60.1. The van der Waals surface area contributed by atoms with Crippen molar-refractivity contribution >= 4 is 66.5 Å². The summed E-state index contributed by atoms with van der Waals surface area (Å²) in [7, 11) is 0. The number of rotatable bonds is 8. The third kappa shape index (κ3) is 6.07. The Morgan fingerprint density at radius 3 is 2.19 bits per heavy atom. The minimum Gasteiger partial charge on any atom is -0.484 e. The van der Waals surface area contributed by atoms with E-state index in [4.69, 9.17) is 9.15 Å². The SMILES string of the molecule is C=C/C(=C\C=C\c1ccc(-c2cccc3ccccc23)cc1)N(c1ccc2oc3ccccc3c2c1)c1ccccc1C1=CC2c3ccc4ccccc4c3OC2C=C1. The first-order valence-corrected chi connectivity index (χ1v) is 20.2. The molecule has 0 amide bonds. The largest absolute Gasteiger partial charge is 0.484 e. The van der Waals surface area contributed by atoms with Gasteiger partial charge in [0.15, 0.2) is 0 Å². The minimum atomic E-state index is -0.0468. The molecule has 9 aromatic rings. The maximum absolute atomic E-state index is 6.63. The monoisotopic (exact) mass is 757 g/mol. The summed E-state index contributed by atoms with van der Waals surface area (Å²) < 4.78 is 12.9. The Kier molecular flexibility index (Phi) is 8.45. The number of furan rings is 1. The Balaban J connectivity index is 0.993. The predicted molar refractivity (Wildman–Crippen MR) is 247 cm³/mol. The standard InChI is InChI=1S/C56H39NO2/c1-2-42(17-11-13-37-25-27-40(28-26-37)45-22-12-16-38-14-3-5-18-44(38)45)57(43-31-34-54-51(36-43)48-21-8-10-24-53(48)58-54)52-23-9-7-19-46(52)41-30-33-55-50(35-41)49-32-29-39-15-4-6-20-47(39)56(49)59-55/h2-36,50,55H,1H2/b13-11+,42-17+. The lowest BCUT2D eigenvalue weighted by Gasteiger charge is -2.29. The molecule has 3 heteroatoms. The zero-order valence-electron chi connectivity index (χ0n) is 32.3. The van der Waals surface area contributed by atoms with Gasteiger partial charge in [-0.05, 0) is 87.0 Å². The molecule has 0 saturated carbocycles. The fourth-order valence-corrected chi connectivity index (χ4v) is 8.95. The van der Waals surface area contributed by atoms with Crippen molar-refractivity contribution in [3.63, 3.8) is 0 Å². The van der Waals surface area contributed by atoms with Crippen molar-refractivity contribution in [1.82, 2.24) is 0 Å². The van der Waals surface area contributed by atoms with E-state index in [1.54, 1.807) is 0 Å². The molecule has 3 nitrogen and oxygen atoms in total. The Morgan fingerprint density at radius 1 is 0.610 bits per heavy atom. The molecule has 2 aliphatic rings. The number of anilines is 2. The van der Waals surface area contributed by atoms with Crippen LogP contribution in [0.15, 0.2) is 223 Å². The summed E-state index contributed by atoms with van der Waals surface area (Å²) in [5.74, 6) is 1.09. The number of benzene rings is 8. The second-order valence-electron chi connectivity index (χ2n) is 15.2. The molecule has 1 aromatic heterocycles. The number of fused-ring (bicyclic) bond motifs is 9. The molecule has 0 bridgehead atoms.